The number of amides is 2. The van der Waals surface area contributed by atoms with Crippen molar-refractivity contribution < 1.29 is 9.59 Å². The summed E-state index contributed by atoms with van der Waals surface area (Å²) in [7, 11) is 0. The maximum Gasteiger partial charge on any atom is 0.251 e. The van der Waals surface area contributed by atoms with Crippen LogP contribution in [0, 0.1) is 0 Å². The van der Waals surface area contributed by atoms with Crippen LogP contribution in [0.4, 0.5) is 0 Å². The van der Waals surface area contributed by atoms with E-state index in [1.807, 2.05) is 26.0 Å². The minimum absolute atomic E-state index is 0.0328. The van der Waals surface area contributed by atoms with Crippen LogP contribution in [-0.4, -0.2) is 42.9 Å². The van der Waals surface area contributed by atoms with Crippen molar-refractivity contribution in [1.82, 2.24) is 10.2 Å². The Balaban J connectivity index is 2.52. The molecule has 3 N–H and O–H groups in total. The van der Waals surface area contributed by atoms with E-state index in [1.165, 1.54) is 0 Å². The van der Waals surface area contributed by atoms with Gasteiger partial charge in [0.2, 0.25) is 5.91 Å². The SMILES string of the molecule is CCN(CC)C(=O)CNC(=O)c1ccc(CCN)cc1. The highest BCUT2D eigenvalue weighted by atomic mass is 16.2. The Morgan fingerprint density at radius 3 is 2.25 bits per heavy atom. The molecule has 1 aromatic rings. The topological polar surface area (TPSA) is 75.4 Å². The molecule has 0 saturated carbocycles. The van der Waals surface area contributed by atoms with Gasteiger partial charge in [-0.2, -0.15) is 0 Å². The van der Waals surface area contributed by atoms with Crippen LogP contribution in [0.2, 0.25) is 0 Å². The molecule has 110 valence electrons. The lowest BCUT2D eigenvalue weighted by Gasteiger charge is -2.18. The van der Waals surface area contributed by atoms with Crippen molar-refractivity contribution in [2.24, 2.45) is 5.73 Å². The van der Waals surface area contributed by atoms with Crippen molar-refractivity contribution >= 4 is 11.8 Å². The zero-order valence-electron chi connectivity index (χ0n) is 12.2. The summed E-state index contributed by atoms with van der Waals surface area (Å²) in [5, 5.41) is 2.64. The molecule has 0 aliphatic rings. The van der Waals surface area contributed by atoms with Crippen LogP contribution < -0.4 is 11.1 Å². The number of likely N-dealkylation sites (N-methyl/N-ethyl adjacent to an activating group) is 1. The first-order chi connectivity index (χ1) is 9.62. The van der Waals surface area contributed by atoms with Gasteiger partial charge in [-0.05, 0) is 44.5 Å². The Labute approximate surface area is 120 Å². The predicted octanol–water partition coefficient (Wildman–Crippen LogP) is 0.786. The molecule has 0 saturated heterocycles. The number of carbonyl (C=O) groups is 2. The van der Waals surface area contributed by atoms with Gasteiger partial charge in [-0.1, -0.05) is 12.1 Å². The second kappa shape index (κ2) is 8.32. The van der Waals surface area contributed by atoms with E-state index < -0.39 is 0 Å². The average Bonchev–Trinajstić information content (AvgIpc) is 2.47. The highest BCUT2D eigenvalue weighted by Gasteiger charge is 2.11. The molecule has 0 bridgehead atoms. The molecule has 0 aromatic heterocycles. The molecule has 0 unspecified atom stereocenters. The van der Waals surface area contributed by atoms with Gasteiger partial charge in [0.1, 0.15) is 0 Å². The molecule has 1 aromatic carbocycles. The number of nitrogens with zero attached hydrogens (tertiary/aromatic N) is 1. The van der Waals surface area contributed by atoms with Crippen LogP contribution in [0.3, 0.4) is 0 Å². The highest BCUT2D eigenvalue weighted by molar-refractivity contribution is 5.96. The molecule has 0 fully saturated rings. The van der Waals surface area contributed by atoms with Crippen LogP contribution >= 0.6 is 0 Å². The molecule has 0 spiro atoms. The largest absolute Gasteiger partial charge is 0.343 e. The zero-order chi connectivity index (χ0) is 15.0. The number of carbonyl (C=O) groups excluding carboxylic acids is 2. The molecule has 0 heterocycles. The molecule has 1 rings (SSSR count). The summed E-state index contributed by atoms with van der Waals surface area (Å²) in [5.41, 5.74) is 7.13. The molecular weight excluding hydrogens is 254 g/mol. The van der Waals surface area contributed by atoms with E-state index >= 15 is 0 Å². The van der Waals surface area contributed by atoms with Gasteiger partial charge in [-0.25, -0.2) is 0 Å². The quantitative estimate of drug-likeness (QED) is 0.773. The highest BCUT2D eigenvalue weighted by Crippen LogP contribution is 2.04. The maximum atomic E-state index is 11.9. The smallest absolute Gasteiger partial charge is 0.251 e. The predicted molar refractivity (Wildman–Crippen MR) is 79.5 cm³/mol. The molecule has 2 amide bonds. The number of nitrogens with two attached hydrogens (primary N) is 1. The summed E-state index contributed by atoms with van der Waals surface area (Å²) in [6.07, 6.45) is 0.794. The molecule has 0 aliphatic carbocycles. The minimum Gasteiger partial charge on any atom is -0.343 e. The van der Waals surface area contributed by atoms with Gasteiger partial charge in [0.25, 0.3) is 5.91 Å². The number of hydrogen-bond donors (Lipinski definition) is 2. The summed E-state index contributed by atoms with van der Waals surface area (Å²) in [6, 6.07) is 7.27. The minimum atomic E-state index is -0.232. The second-order valence-corrected chi connectivity index (χ2v) is 4.48. The van der Waals surface area contributed by atoms with Gasteiger partial charge in [0.15, 0.2) is 0 Å². The van der Waals surface area contributed by atoms with E-state index in [0.29, 0.717) is 25.2 Å². The first kappa shape index (κ1) is 16.2. The third kappa shape index (κ3) is 4.66. The fraction of sp³-hybridized carbons (Fsp3) is 0.467. The van der Waals surface area contributed by atoms with Gasteiger partial charge in [0, 0.05) is 18.7 Å². The maximum absolute atomic E-state index is 11.9. The van der Waals surface area contributed by atoms with E-state index in [2.05, 4.69) is 5.32 Å². The van der Waals surface area contributed by atoms with Gasteiger partial charge in [0.05, 0.1) is 6.54 Å². The lowest BCUT2D eigenvalue weighted by Crippen LogP contribution is -2.39. The van der Waals surface area contributed by atoms with Crippen molar-refractivity contribution in [3.05, 3.63) is 35.4 Å². The zero-order valence-corrected chi connectivity index (χ0v) is 12.2. The van der Waals surface area contributed by atoms with Crippen LogP contribution in [0.5, 0.6) is 0 Å². The molecule has 5 nitrogen and oxygen atoms in total. The third-order valence-corrected chi connectivity index (χ3v) is 3.17. The van der Waals surface area contributed by atoms with E-state index in [1.54, 1.807) is 17.0 Å². The molecule has 0 radical (unpaired) electrons. The lowest BCUT2D eigenvalue weighted by molar-refractivity contribution is -0.129. The van der Waals surface area contributed by atoms with E-state index in [4.69, 9.17) is 5.73 Å². The standard InChI is InChI=1S/C15H23N3O2/c1-3-18(4-2)14(19)11-17-15(20)13-7-5-12(6-8-13)9-10-16/h5-8H,3-4,9-11,16H2,1-2H3,(H,17,20). The van der Waals surface area contributed by atoms with Gasteiger partial charge in [-0.3, -0.25) is 9.59 Å². The summed E-state index contributed by atoms with van der Waals surface area (Å²) in [6.45, 7) is 5.76. The van der Waals surface area contributed by atoms with E-state index in [0.717, 1.165) is 12.0 Å². The van der Waals surface area contributed by atoms with Crippen LogP contribution in [0.25, 0.3) is 0 Å². The van der Waals surface area contributed by atoms with Gasteiger partial charge < -0.3 is 16.0 Å². The van der Waals surface area contributed by atoms with Crippen LogP contribution in [-0.2, 0) is 11.2 Å². The number of nitrogens with one attached hydrogen (secondary N) is 1. The van der Waals surface area contributed by atoms with Crippen molar-refractivity contribution in [2.45, 2.75) is 20.3 Å². The molecular formula is C15H23N3O2. The lowest BCUT2D eigenvalue weighted by atomic mass is 10.1. The monoisotopic (exact) mass is 277 g/mol. The fourth-order valence-corrected chi connectivity index (χ4v) is 1.94. The number of rotatable bonds is 7. The Morgan fingerprint density at radius 1 is 1.15 bits per heavy atom. The van der Waals surface area contributed by atoms with E-state index in [9.17, 15) is 9.59 Å². The van der Waals surface area contributed by atoms with E-state index in [-0.39, 0.29) is 18.4 Å². The Hall–Kier alpha value is -1.88. The third-order valence-electron chi connectivity index (χ3n) is 3.17. The van der Waals surface area contributed by atoms with Crippen molar-refractivity contribution in [2.75, 3.05) is 26.2 Å². The van der Waals surface area contributed by atoms with Crippen molar-refractivity contribution in [1.29, 1.82) is 0 Å². The Kier molecular flexibility index (Phi) is 6.73. The van der Waals surface area contributed by atoms with Gasteiger partial charge >= 0.3 is 0 Å². The molecule has 20 heavy (non-hydrogen) atoms. The Bertz CT molecular complexity index is 439. The normalized spacial score (nSPS) is 10.2. The summed E-state index contributed by atoms with van der Waals surface area (Å²) >= 11 is 0. The fourth-order valence-electron chi connectivity index (χ4n) is 1.94. The van der Waals surface area contributed by atoms with Crippen molar-refractivity contribution in [3.63, 3.8) is 0 Å². The first-order valence-electron chi connectivity index (χ1n) is 6.97. The summed E-state index contributed by atoms with van der Waals surface area (Å²) < 4.78 is 0. The summed E-state index contributed by atoms with van der Waals surface area (Å²) in [4.78, 5) is 25.4. The summed E-state index contributed by atoms with van der Waals surface area (Å²) in [5.74, 6) is -0.298. The molecule has 5 heteroatoms. The molecule has 0 atom stereocenters. The van der Waals surface area contributed by atoms with Gasteiger partial charge in [-0.15, -0.1) is 0 Å². The van der Waals surface area contributed by atoms with Crippen LogP contribution in [0.1, 0.15) is 29.8 Å². The Morgan fingerprint density at radius 2 is 1.75 bits per heavy atom. The number of benzene rings is 1. The average molecular weight is 277 g/mol. The number of hydrogen-bond acceptors (Lipinski definition) is 3. The van der Waals surface area contributed by atoms with Crippen LogP contribution in [0.15, 0.2) is 24.3 Å². The molecule has 0 aliphatic heterocycles. The second-order valence-electron chi connectivity index (χ2n) is 4.48. The first-order valence-corrected chi connectivity index (χ1v) is 6.97. The van der Waals surface area contributed by atoms with Crippen molar-refractivity contribution in [3.8, 4) is 0 Å².